The summed E-state index contributed by atoms with van der Waals surface area (Å²) in [4.78, 5) is 26.0. The number of likely N-dealkylation sites (tertiary alicyclic amines) is 1. The Morgan fingerprint density at radius 3 is 2.82 bits per heavy atom. The summed E-state index contributed by atoms with van der Waals surface area (Å²) in [5.74, 6) is -0.915. The number of ether oxygens (including phenoxy) is 1. The quantitative estimate of drug-likeness (QED) is 0.755. The van der Waals surface area contributed by atoms with Crippen molar-refractivity contribution in [3.63, 3.8) is 0 Å². The van der Waals surface area contributed by atoms with Gasteiger partial charge in [-0.05, 0) is 18.1 Å². The molecule has 2 aromatic rings. The van der Waals surface area contributed by atoms with E-state index in [0.717, 1.165) is 23.9 Å². The summed E-state index contributed by atoms with van der Waals surface area (Å²) in [6.45, 7) is 0.410. The third-order valence-electron chi connectivity index (χ3n) is 4.45. The zero-order valence-corrected chi connectivity index (χ0v) is 15.6. The van der Waals surface area contributed by atoms with Crippen molar-refractivity contribution in [2.24, 2.45) is 0 Å². The summed E-state index contributed by atoms with van der Waals surface area (Å²) >= 11 is 0.903. The Morgan fingerprint density at radius 2 is 2.18 bits per heavy atom. The molecule has 7 nitrogen and oxygen atoms in total. The van der Waals surface area contributed by atoms with Crippen molar-refractivity contribution in [1.82, 2.24) is 19.0 Å². The van der Waals surface area contributed by atoms with E-state index in [9.17, 15) is 22.8 Å². The first kappa shape index (κ1) is 20.2. The van der Waals surface area contributed by atoms with Crippen LogP contribution >= 0.6 is 11.7 Å². The van der Waals surface area contributed by atoms with Gasteiger partial charge in [-0.2, -0.15) is 21.9 Å². The molecule has 1 aliphatic rings. The monoisotopic (exact) mass is 414 g/mol. The zero-order valence-electron chi connectivity index (χ0n) is 14.8. The van der Waals surface area contributed by atoms with Gasteiger partial charge in [-0.15, -0.1) is 0 Å². The molecule has 28 heavy (non-hydrogen) atoms. The van der Waals surface area contributed by atoms with Gasteiger partial charge in [0.1, 0.15) is 6.04 Å². The number of nitrogens with zero attached hydrogens (tertiary/aromatic N) is 3. The average molecular weight is 414 g/mol. The largest absolute Gasteiger partial charge is 0.468 e. The van der Waals surface area contributed by atoms with E-state index in [0.29, 0.717) is 12.1 Å². The number of rotatable bonds is 5. The van der Waals surface area contributed by atoms with Crippen molar-refractivity contribution in [1.29, 1.82) is 0 Å². The van der Waals surface area contributed by atoms with Gasteiger partial charge >= 0.3 is 12.1 Å². The van der Waals surface area contributed by atoms with Gasteiger partial charge in [0.15, 0.2) is 5.69 Å². The number of nitrogens with one attached hydrogen (secondary N) is 1. The van der Waals surface area contributed by atoms with Gasteiger partial charge in [-0.3, -0.25) is 14.5 Å². The second-order valence-electron chi connectivity index (χ2n) is 6.37. The van der Waals surface area contributed by atoms with Gasteiger partial charge in [-0.25, -0.2) is 0 Å². The van der Waals surface area contributed by atoms with Crippen LogP contribution in [-0.2, 0) is 22.3 Å². The number of esters is 1. The average Bonchev–Trinajstić information content (AvgIpc) is 3.31. The fraction of sp³-hybridized carbons (Fsp3) is 0.412. The molecule has 2 heterocycles. The second-order valence-corrected chi connectivity index (χ2v) is 6.92. The van der Waals surface area contributed by atoms with Crippen LogP contribution in [0.5, 0.6) is 0 Å². The van der Waals surface area contributed by atoms with E-state index in [1.165, 1.54) is 19.4 Å². The van der Waals surface area contributed by atoms with Crippen LogP contribution in [0.4, 0.5) is 13.2 Å². The van der Waals surface area contributed by atoms with E-state index in [-0.39, 0.29) is 24.7 Å². The smallest absolute Gasteiger partial charge is 0.416 e. The number of aromatic nitrogens is 2. The Hall–Kier alpha value is -2.53. The molecule has 1 aromatic heterocycles. The molecule has 0 radical (unpaired) electrons. The maximum absolute atomic E-state index is 12.9. The van der Waals surface area contributed by atoms with Crippen LogP contribution in [0.1, 0.15) is 28.0 Å². The lowest BCUT2D eigenvalue weighted by molar-refractivity contribution is -0.146. The number of alkyl halides is 3. The zero-order chi connectivity index (χ0) is 20.3. The first-order valence-corrected chi connectivity index (χ1v) is 9.07. The lowest BCUT2D eigenvalue weighted by Gasteiger charge is -2.22. The number of methoxy groups -OCH3 is 1. The number of benzene rings is 1. The number of halogens is 3. The highest BCUT2D eigenvalue weighted by atomic mass is 32.1. The number of hydrogen-bond donors (Lipinski definition) is 1. The van der Waals surface area contributed by atoms with Crippen LogP contribution in [0.25, 0.3) is 0 Å². The summed E-state index contributed by atoms with van der Waals surface area (Å²) in [6.07, 6.45) is -2.82. The maximum atomic E-state index is 12.9. The van der Waals surface area contributed by atoms with E-state index < -0.39 is 29.7 Å². The lowest BCUT2D eigenvalue weighted by atomic mass is 10.1. The van der Waals surface area contributed by atoms with Gasteiger partial charge < -0.3 is 10.1 Å². The minimum Gasteiger partial charge on any atom is -0.468 e. The Kier molecular flexibility index (Phi) is 5.94. The molecular formula is C17H17F3N4O3S. The van der Waals surface area contributed by atoms with Crippen molar-refractivity contribution in [3.05, 3.63) is 47.3 Å². The standard InChI is InChI=1S/C17H17F3N4O3S/c1-27-16(26)14-6-12(22-15(25)13-7-21-28-23-13)9-24(14)8-10-3-2-4-11(5-10)17(18,19)20/h2-5,7,12,14H,6,8-9H2,1H3,(H,22,25)/t12-,14-/m0/s1. The molecule has 150 valence electrons. The first-order valence-electron chi connectivity index (χ1n) is 8.34. The van der Waals surface area contributed by atoms with Gasteiger partial charge in [-0.1, -0.05) is 18.2 Å². The summed E-state index contributed by atoms with van der Waals surface area (Å²) in [5.41, 5.74) is -0.157. The molecule has 0 bridgehead atoms. The number of hydrogen-bond acceptors (Lipinski definition) is 7. The maximum Gasteiger partial charge on any atom is 0.416 e. The summed E-state index contributed by atoms with van der Waals surface area (Å²) < 4.78 is 51.2. The fourth-order valence-corrected chi connectivity index (χ4v) is 3.58. The van der Waals surface area contributed by atoms with Gasteiger partial charge in [0, 0.05) is 19.1 Å². The highest BCUT2D eigenvalue weighted by Gasteiger charge is 2.38. The Balaban J connectivity index is 1.73. The molecule has 1 saturated heterocycles. The fourth-order valence-electron chi connectivity index (χ4n) is 3.17. The first-order chi connectivity index (χ1) is 13.3. The van der Waals surface area contributed by atoms with Gasteiger partial charge in [0.25, 0.3) is 5.91 Å². The van der Waals surface area contributed by atoms with Crippen molar-refractivity contribution in [2.75, 3.05) is 13.7 Å². The molecule has 1 amide bonds. The summed E-state index contributed by atoms with van der Waals surface area (Å²) in [7, 11) is 1.25. The highest BCUT2D eigenvalue weighted by Crippen LogP contribution is 2.30. The van der Waals surface area contributed by atoms with E-state index in [4.69, 9.17) is 4.74 Å². The molecule has 1 N–H and O–H groups in total. The van der Waals surface area contributed by atoms with Crippen LogP contribution in [0.15, 0.2) is 30.5 Å². The second kappa shape index (κ2) is 8.23. The normalized spacial score (nSPS) is 20.1. The third kappa shape index (κ3) is 4.65. The summed E-state index contributed by atoms with van der Waals surface area (Å²) in [6, 6.07) is 3.91. The SMILES string of the molecule is COC(=O)[C@@H]1C[C@H](NC(=O)c2cnsn2)CN1Cc1cccc(C(F)(F)F)c1. The van der Waals surface area contributed by atoms with Gasteiger partial charge in [0.2, 0.25) is 0 Å². The van der Waals surface area contributed by atoms with Crippen molar-refractivity contribution < 1.29 is 27.5 Å². The van der Waals surface area contributed by atoms with Crippen LogP contribution in [0.2, 0.25) is 0 Å². The molecule has 0 unspecified atom stereocenters. The summed E-state index contributed by atoms with van der Waals surface area (Å²) in [5, 5.41) is 2.78. The van der Waals surface area contributed by atoms with Crippen LogP contribution in [0.3, 0.4) is 0 Å². The Labute approximate surface area is 162 Å². The van der Waals surface area contributed by atoms with E-state index >= 15 is 0 Å². The highest BCUT2D eigenvalue weighted by molar-refractivity contribution is 6.99. The molecule has 0 saturated carbocycles. The molecule has 0 aliphatic carbocycles. The van der Waals surface area contributed by atoms with E-state index in [1.54, 1.807) is 11.0 Å². The predicted octanol–water partition coefficient (Wildman–Crippen LogP) is 2.10. The molecule has 1 fully saturated rings. The number of carbonyl (C=O) groups is 2. The topological polar surface area (TPSA) is 84.4 Å². The van der Waals surface area contributed by atoms with E-state index in [1.807, 2.05) is 0 Å². The van der Waals surface area contributed by atoms with Crippen molar-refractivity contribution >= 4 is 23.6 Å². The molecule has 11 heteroatoms. The van der Waals surface area contributed by atoms with Crippen LogP contribution < -0.4 is 5.32 Å². The minimum absolute atomic E-state index is 0.119. The molecule has 0 spiro atoms. The van der Waals surface area contributed by atoms with Gasteiger partial charge in [0.05, 0.1) is 30.6 Å². The molecule has 2 atom stereocenters. The molecular weight excluding hydrogens is 397 g/mol. The Bertz CT molecular complexity index is 844. The van der Waals surface area contributed by atoms with E-state index in [2.05, 4.69) is 14.1 Å². The van der Waals surface area contributed by atoms with Crippen LogP contribution in [-0.4, -0.2) is 51.3 Å². The Morgan fingerprint density at radius 1 is 1.39 bits per heavy atom. The predicted molar refractivity (Wildman–Crippen MR) is 93.4 cm³/mol. The van der Waals surface area contributed by atoms with Crippen molar-refractivity contribution in [2.45, 2.75) is 31.2 Å². The van der Waals surface area contributed by atoms with Crippen LogP contribution in [0, 0.1) is 0 Å². The third-order valence-corrected chi connectivity index (χ3v) is 4.92. The minimum atomic E-state index is -4.44. The lowest BCUT2D eigenvalue weighted by Crippen LogP contribution is -2.37. The number of amides is 1. The molecule has 3 rings (SSSR count). The molecule has 1 aromatic carbocycles. The molecule has 1 aliphatic heterocycles. The van der Waals surface area contributed by atoms with Crippen molar-refractivity contribution in [3.8, 4) is 0 Å². The number of carbonyl (C=O) groups excluding carboxylic acids is 2.